The van der Waals surface area contributed by atoms with Crippen molar-refractivity contribution in [3.63, 3.8) is 0 Å². The fourth-order valence-corrected chi connectivity index (χ4v) is 6.06. The second-order valence-corrected chi connectivity index (χ2v) is 13.5. The Bertz CT molecular complexity index is 1950. The number of anilines is 1. The first-order chi connectivity index (χ1) is 17.7. The lowest BCUT2D eigenvalue weighted by Gasteiger charge is -2.13. The summed E-state index contributed by atoms with van der Waals surface area (Å²) in [5, 5.41) is 26.9. The maximum atomic E-state index is 12.3. The molecule has 0 spiro atoms. The maximum absolute atomic E-state index is 12.3. The van der Waals surface area contributed by atoms with E-state index in [0.717, 1.165) is 24.3 Å². The molecule has 0 heterocycles. The van der Waals surface area contributed by atoms with Crippen LogP contribution in [0.4, 0.5) is 17.1 Å². The molecule has 3 aromatic carbocycles. The third-order valence-electron chi connectivity index (χ3n) is 4.91. The lowest BCUT2D eigenvalue weighted by Crippen LogP contribution is -2.15. The van der Waals surface area contributed by atoms with Gasteiger partial charge in [-0.1, -0.05) is 0 Å². The van der Waals surface area contributed by atoms with Gasteiger partial charge in [-0.25, -0.2) is 12.6 Å². The van der Waals surface area contributed by atoms with E-state index < -0.39 is 101 Å². The van der Waals surface area contributed by atoms with Crippen molar-refractivity contribution >= 4 is 68.3 Å². The molecule has 0 saturated carbocycles. The van der Waals surface area contributed by atoms with Gasteiger partial charge in [-0.2, -0.15) is 25.3 Å². The van der Waals surface area contributed by atoms with Crippen LogP contribution in [0.1, 0.15) is 0 Å². The molecule has 0 radical (unpaired) electrons. The summed E-state index contributed by atoms with van der Waals surface area (Å²) in [5.74, 6) is -2.83. The Hall–Kier alpha value is -3.44. The SMILES string of the molecule is Nc1ccc(S(=O)(=O)O)c2cc(S(=O)(=O)O)c(N=Nc3ccc(S(=O)(=O)CCOS(=O)(=O)O)cc3O)c(O)c12. The third-order valence-corrected chi connectivity index (χ3v) is 8.83. The summed E-state index contributed by atoms with van der Waals surface area (Å²) in [5.41, 5.74) is 4.04. The van der Waals surface area contributed by atoms with Crippen LogP contribution >= 0.6 is 0 Å². The molecule has 3 aromatic rings. The largest absolute Gasteiger partial charge is 0.506 e. The van der Waals surface area contributed by atoms with Gasteiger partial charge in [0.05, 0.1) is 22.6 Å². The first-order valence-corrected chi connectivity index (χ1v) is 15.7. The van der Waals surface area contributed by atoms with Crippen molar-refractivity contribution in [2.75, 3.05) is 18.1 Å². The summed E-state index contributed by atoms with van der Waals surface area (Å²) in [7, 11) is -19.3. The predicted molar refractivity (Wildman–Crippen MR) is 131 cm³/mol. The van der Waals surface area contributed by atoms with E-state index in [-0.39, 0.29) is 5.69 Å². The van der Waals surface area contributed by atoms with E-state index in [2.05, 4.69) is 14.4 Å². The molecular weight excluding hydrogens is 610 g/mol. The van der Waals surface area contributed by atoms with Gasteiger partial charge in [0.2, 0.25) is 0 Å². The lowest BCUT2D eigenvalue weighted by atomic mass is 10.1. The highest BCUT2D eigenvalue weighted by molar-refractivity contribution is 7.91. The van der Waals surface area contributed by atoms with Crippen LogP contribution in [0.15, 0.2) is 61.3 Å². The van der Waals surface area contributed by atoms with Gasteiger partial charge in [0.25, 0.3) is 20.2 Å². The van der Waals surface area contributed by atoms with Crippen molar-refractivity contribution in [2.24, 2.45) is 10.2 Å². The Labute approximate surface area is 220 Å². The molecule has 17 nitrogen and oxygen atoms in total. The molecule has 3 rings (SSSR count). The predicted octanol–water partition coefficient (Wildman–Crippen LogP) is 1.34. The summed E-state index contributed by atoms with van der Waals surface area (Å²) < 4.78 is 125. The van der Waals surface area contributed by atoms with Crippen LogP contribution in [0.5, 0.6) is 11.5 Å². The van der Waals surface area contributed by atoms with Crippen LogP contribution in [0.25, 0.3) is 10.8 Å². The van der Waals surface area contributed by atoms with E-state index in [1.807, 2.05) is 0 Å². The number of nitrogens with two attached hydrogens (primary N) is 1. The van der Waals surface area contributed by atoms with Crippen molar-refractivity contribution in [2.45, 2.75) is 14.7 Å². The molecule has 0 fully saturated rings. The molecule has 21 heteroatoms. The fourth-order valence-electron chi connectivity index (χ4n) is 3.23. The lowest BCUT2D eigenvalue weighted by molar-refractivity contribution is 0.284. The number of benzene rings is 3. The summed E-state index contributed by atoms with van der Waals surface area (Å²) >= 11 is 0. The quantitative estimate of drug-likeness (QED) is 0.111. The van der Waals surface area contributed by atoms with E-state index in [1.54, 1.807) is 0 Å². The summed E-state index contributed by atoms with van der Waals surface area (Å²) in [6.07, 6.45) is 0. The van der Waals surface area contributed by atoms with Crippen LogP contribution in [0, 0.1) is 0 Å². The highest BCUT2D eigenvalue weighted by Gasteiger charge is 2.27. The van der Waals surface area contributed by atoms with E-state index in [9.17, 15) is 53.0 Å². The maximum Gasteiger partial charge on any atom is 0.397 e. The minimum absolute atomic E-state index is 0.288. The molecule has 0 amide bonds. The van der Waals surface area contributed by atoms with Crippen LogP contribution in [-0.2, 0) is 44.7 Å². The normalized spacial score (nSPS) is 13.3. The molecular formula is C18H17N3O14S4. The molecule has 0 unspecified atom stereocenters. The topological polar surface area (TPSA) is 298 Å². The highest BCUT2D eigenvalue weighted by Crippen LogP contribution is 2.45. The van der Waals surface area contributed by atoms with Crippen LogP contribution in [0.2, 0.25) is 0 Å². The number of azo groups is 1. The van der Waals surface area contributed by atoms with Crippen LogP contribution in [-0.4, -0.2) is 69.9 Å². The van der Waals surface area contributed by atoms with Crippen molar-refractivity contribution in [3.05, 3.63) is 36.4 Å². The Kier molecular flexibility index (Phi) is 7.93. The molecule has 39 heavy (non-hydrogen) atoms. The van der Waals surface area contributed by atoms with Crippen molar-refractivity contribution in [1.29, 1.82) is 0 Å². The Morgan fingerprint density at radius 1 is 0.795 bits per heavy atom. The minimum atomic E-state index is -5.23. The Balaban J connectivity index is 2.12. The molecule has 0 atom stereocenters. The van der Waals surface area contributed by atoms with Gasteiger partial charge in [0.15, 0.2) is 15.6 Å². The standard InChI is InChI=1S/C18H17N3O14S4/c19-11-2-4-14(37(26,27)28)10-8-15(38(29,30)31)17(18(23)16(10)11)21-20-12-3-1-9(7-13(12)22)36(24,25)6-5-35-39(32,33)34/h1-4,7-8,22-23H,5-6,19H2,(H,26,27,28)(H,29,30,31)(H,32,33,34). The summed E-state index contributed by atoms with van der Waals surface area (Å²) in [6, 6.07) is 4.83. The molecule has 0 bridgehead atoms. The van der Waals surface area contributed by atoms with Gasteiger partial charge in [-0.3, -0.25) is 13.7 Å². The summed E-state index contributed by atoms with van der Waals surface area (Å²) in [4.78, 5) is -2.55. The number of aromatic hydroxyl groups is 2. The number of rotatable bonds is 9. The van der Waals surface area contributed by atoms with Gasteiger partial charge in [0.1, 0.15) is 26.9 Å². The van der Waals surface area contributed by atoms with Gasteiger partial charge in [-0.05, 0) is 30.3 Å². The number of fused-ring (bicyclic) bond motifs is 1. The molecule has 0 aliphatic carbocycles. The third kappa shape index (κ3) is 6.77. The molecule has 7 N–H and O–H groups in total. The number of hydrogen-bond donors (Lipinski definition) is 6. The molecule has 0 aliphatic heterocycles. The Morgan fingerprint density at radius 2 is 1.41 bits per heavy atom. The zero-order valence-electron chi connectivity index (χ0n) is 18.9. The number of phenols is 2. The van der Waals surface area contributed by atoms with Crippen LogP contribution < -0.4 is 5.73 Å². The van der Waals surface area contributed by atoms with E-state index in [4.69, 9.17) is 10.3 Å². The first-order valence-electron chi connectivity index (χ1n) is 9.85. The van der Waals surface area contributed by atoms with E-state index in [0.29, 0.717) is 12.1 Å². The Morgan fingerprint density at radius 3 is 1.95 bits per heavy atom. The molecule has 0 aliphatic rings. The van der Waals surface area contributed by atoms with Gasteiger partial charge in [0, 0.05) is 17.1 Å². The molecule has 212 valence electrons. The smallest absolute Gasteiger partial charge is 0.397 e. The number of sulfone groups is 1. The number of nitrogen functional groups attached to an aromatic ring is 1. The van der Waals surface area contributed by atoms with Crippen molar-refractivity contribution in [3.8, 4) is 11.5 Å². The number of hydrogen-bond acceptors (Lipinski definition) is 14. The average Bonchev–Trinajstić information content (AvgIpc) is 2.76. The second-order valence-electron chi connectivity index (χ2n) is 7.52. The second kappa shape index (κ2) is 10.3. The van der Waals surface area contributed by atoms with E-state index in [1.165, 1.54) is 0 Å². The van der Waals surface area contributed by atoms with Gasteiger partial charge in [-0.15, -0.1) is 10.2 Å². The zero-order valence-corrected chi connectivity index (χ0v) is 22.2. The monoisotopic (exact) mass is 627 g/mol. The zero-order chi connectivity index (χ0) is 29.6. The van der Waals surface area contributed by atoms with Gasteiger partial charge >= 0.3 is 10.4 Å². The highest BCUT2D eigenvalue weighted by atomic mass is 32.3. The van der Waals surface area contributed by atoms with Gasteiger partial charge < -0.3 is 15.9 Å². The van der Waals surface area contributed by atoms with Crippen molar-refractivity contribution in [1.82, 2.24) is 0 Å². The molecule has 0 saturated heterocycles. The van der Waals surface area contributed by atoms with Crippen molar-refractivity contribution < 1.29 is 61.7 Å². The average molecular weight is 628 g/mol. The molecule has 0 aromatic heterocycles. The number of nitrogens with zero attached hydrogens (tertiary/aromatic N) is 2. The summed E-state index contributed by atoms with van der Waals surface area (Å²) in [6.45, 7) is -0.939. The first kappa shape index (κ1) is 30.1. The van der Waals surface area contributed by atoms with Crippen LogP contribution in [0.3, 0.4) is 0 Å². The minimum Gasteiger partial charge on any atom is -0.506 e. The van der Waals surface area contributed by atoms with E-state index >= 15 is 0 Å². The number of phenolic OH excluding ortho intramolecular Hbond substituents is 2. The fraction of sp³-hybridized carbons (Fsp3) is 0.111.